The molecule has 2 aromatic carbocycles. The molecule has 0 aromatic heterocycles. The molecule has 0 unspecified atom stereocenters. The van der Waals surface area contributed by atoms with Crippen LogP contribution in [0.2, 0.25) is 10.0 Å². The van der Waals surface area contributed by atoms with Crippen LogP contribution in [-0.2, 0) is 4.79 Å². The Hall–Kier alpha value is -2.11. The average Bonchev–Trinajstić information content (AvgIpc) is 2.83. The molecule has 1 atom stereocenters. The number of fused-ring (bicyclic) bond motifs is 1. The van der Waals surface area contributed by atoms with Crippen molar-refractivity contribution in [1.82, 2.24) is 0 Å². The van der Waals surface area contributed by atoms with Gasteiger partial charge in [-0.25, -0.2) is 0 Å². The maximum absolute atomic E-state index is 12.4. The van der Waals surface area contributed by atoms with Crippen LogP contribution in [0.15, 0.2) is 36.4 Å². The number of halogens is 2. The summed E-state index contributed by atoms with van der Waals surface area (Å²) in [6, 6.07) is 9.95. The van der Waals surface area contributed by atoms with Gasteiger partial charge in [0.2, 0.25) is 5.91 Å². The van der Waals surface area contributed by atoms with Gasteiger partial charge in [-0.05, 0) is 37.3 Å². The Bertz CT molecular complexity index is 783. The van der Waals surface area contributed by atoms with Gasteiger partial charge in [0.1, 0.15) is 6.04 Å². The SMILES string of the molecule is C[C@H](Nc1ccc2c(c1)OCCCO2)C(=O)Nc1cc(Cl)ccc1Cl. The van der Waals surface area contributed by atoms with Crippen molar-refractivity contribution in [2.45, 2.75) is 19.4 Å². The van der Waals surface area contributed by atoms with E-state index in [1.807, 2.05) is 18.2 Å². The van der Waals surface area contributed by atoms with Crippen LogP contribution in [0, 0.1) is 0 Å². The molecule has 1 aliphatic heterocycles. The Labute approximate surface area is 156 Å². The quantitative estimate of drug-likeness (QED) is 0.813. The molecule has 0 aliphatic carbocycles. The fourth-order valence-corrected chi connectivity index (χ4v) is 2.74. The zero-order valence-corrected chi connectivity index (χ0v) is 15.2. The van der Waals surface area contributed by atoms with Crippen LogP contribution in [0.25, 0.3) is 0 Å². The average molecular weight is 381 g/mol. The van der Waals surface area contributed by atoms with Crippen molar-refractivity contribution >= 4 is 40.5 Å². The van der Waals surface area contributed by atoms with Gasteiger partial charge in [-0.2, -0.15) is 0 Å². The minimum Gasteiger partial charge on any atom is -0.490 e. The number of carbonyl (C=O) groups is 1. The number of benzene rings is 2. The molecule has 0 saturated heterocycles. The molecule has 3 rings (SSSR count). The van der Waals surface area contributed by atoms with Crippen molar-refractivity contribution < 1.29 is 14.3 Å². The number of rotatable bonds is 4. The van der Waals surface area contributed by atoms with Gasteiger partial charge in [0, 0.05) is 23.2 Å². The van der Waals surface area contributed by atoms with E-state index in [0.717, 1.165) is 12.1 Å². The molecular weight excluding hydrogens is 363 g/mol. The summed E-state index contributed by atoms with van der Waals surface area (Å²) in [4.78, 5) is 12.4. The van der Waals surface area contributed by atoms with Crippen LogP contribution in [0.5, 0.6) is 11.5 Å². The van der Waals surface area contributed by atoms with Gasteiger partial charge in [0.25, 0.3) is 0 Å². The molecule has 2 N–H and O–H groups in total. The second-order valence-electron chi connectivity index (χ2n) is 5.69. The summed E-state index contributed by atoms with van der Waals surface area (Å²) in [6.07, 6.45) is 0.844. The molecule has 7 heteroatoms. The molecule has 0 radical (unpaired) electrons. The lowest BCUT2D eigenvalue weighted by Crippen LogP contribution is -2.31. The summed E-state index contributed by atoms with van der Waals surface area (Å²) < 4.78 is 11.3. The molecule has 1 amide bonds. The molecule has 1 aliphatic rings. The van der Waals surface area contributed by atoms with E-state index in [1.54, 1.807) is 25.1 Å². The molecule has 132 valence electrons. The van der Waals surface area contributed by atoms with E-state index in [4.69, 9.17) is 32.7 Å². The maximum atomic E-state index is 12.4. The highest BCUT2D eigenvalue weighted by atomic mass is 35.5. The molecule has 0 spiro atoms. The topological polar surface area (TPSA) is 59.6 Å². The standard InChI is InChI=1S/C18H18Cl2N2O3/c1-11(18(23)22-15-9-12(19)3-5-14(15)20)21-13-4-6-16-17(10-13)25-8-2-7-24-16/h3-6,9-11,21H,2,7-8H2,1H3,(H,22,23)/t11-/m0/s1. The maximum Gasteiger partial charge on any atom is 0.246 e. The van der Waals surface area contributed by atoms with Crippen LogP contribution in [0.3, 0.4) is 0 Å². The molecule has 0 saturated carbocycles. The van der Waals surface area contributed by atoms with Crippen LogP contribution in [0.1, 0.15) is 13.3 Å². The minimum absolute atomic E-state index is 0.226. The Morgan fingerprint density at radius 3 is 2.64 bits per heavy atom. The summed E-state index contributed by atoms with van der Waals surface area (Å²) >= 11 is 12.0. The van der Waals surface area contributed by atoms with Gasteiger partial charge in [-0.3, -0.25) is 4.79 Å². The number of carbonyl (C=O) groups excluding carboxylic acids is 1. The number of hydrogen-bond acceptors (Lipinski definition) is 4. The number of amides is 1. The van der Waals surface area contributed by atoms with Gasteiger partial charge < -0.3 is 20.1 Å². The molecule has 2 aromatic rings. The summed E-state index contributed by atoms with van der Waals surface area (Å²) in [6.45, 7) is 3.01. The highest BCUT2D eigenvalue weighted by Crippen LogP contribution is 2.32. The van der Waals surface area contributed by atoms with E-state index >= 15 is 0 Å². The van der Waals surface area contributed by atoms with Crippen molar-refractivity contribution in [1.29, 1.82) is 0 Å². The normalized spacial score (nSPS) is 14.4. The van der Waals surface area contributed by atoms with Gasteiger partial charge in [-0.1, -0.05) is 23.2 Å². The summed E-state index contributed by atoms with van der Waals surface area (Å²) in [5, 5.41) is 6.85. The van der Waals surface area contributed by atoms with Gasteiger partial charge in [0.05, 0.1) is 23.9 Å². The molecule has 0 fully saturated rings. The van der Waals surface area contributed by atoms with Crippen molar-refractivity contribution in [2.75, 3.05) is 23.8 Å². The number of anilines is 2. The van der Waals surface area contributed by atoms with Crippen LogP contribution >= 0.6 is 23.2 Å². The van der Waals surface area contributed by atoms with E-state index < -0.39 is 6.04 Å². The zero-order valence-electron chi connectivity index (χ0n) is 13.6. The first-order valence-corrected chi connectivity index (χ1v) is 8.70. The fraction of sp³-hybridized carbons (Fsp3) is 0.278. The molecular formula is C18H18Cl2N2O3. The first-order valence-electron chi connectivity index (χ1n) is 7.95. The van der Waals surface area contributed by atoms with Gasteiger partial charge in [0.15, 0.2) is 11.5 Å². The van der Waals surface area contributed by atoms with E-state index in [0.29, 0.717) is 40.4 Å². The first-order chi connectivity index (χ1) is 12.0. The second-order valence-corrected chi connectivity index (χ2v) is 6.54. The van der Waals surface area contributed by atoms with Crippen LogP contribution in [-0.4, -0.2) is 25.2 Å². The van der Waals surface area contributed by atoms with Crippen molar-refractivity contribution in [3.8, 4) is 11.5 Å². The first kappa shape index (κ1) is 17.7. The number of hydrogen-bond donors (Lipinski definition) is 2. The summed E-state index contributed by atoms with van der Waals surface area (Å²) in [5.74, 6) is 1.16. The van der Waals surface area contributed by atoms with Gasteiger partial charge >= 0.3 is 0 Å². The zero-order chi connectivity index (χ0) is 17.8. The predicted molar refractivity (Wildman–Crippen MR) is 100 cm³/mol. The van der Waals surface area contributed by atoms with E-state index in [9.17, 15) is 4.79 Å². The molecule has 0 bridgehead atoms. The van der Waals surface area contributed by atoms with Crippen LogP contribution in [0.4, 0.5) is 11.4 Å². The van der Waals surface area contributed by atoms with E-state index in [1.165, 1.54) is 0 Å². The number of ether oxygens (including phenoxy) is 2. The summed E-state index contributed by atoms with van der Waals surface area (Å²) in [5.41, 5.74) is 1.25. The van der Waals surface area contributed by atoms with Crippen molar-refractivity contribution in [3.05, 3.63) is 46.4 Å². The highest BCUT2D eigenvalue weighted by molar-refractivity contribution is 6.35. The van der Waals surface area contributed by atoms with Gasteiger partial charge in [-0.15, -0.1) is 0 Å². The molecule has 5 nitrogen and oxygen atoms in total. The lowest BCUT2D eigenvalue weighted by atomic mass is 10.2. The second kappa shape index (κ2) is 7.85. The third kappa shape index (κ3) is 4.50. The molecule has 1 heterocycles. The highest BCUT2D eigenvalue weighted by Gasteiger charge is 2.16. The minimum atomic E-state index is -0.486. The Morgan fingerprint density at radius 2 is 1.84 bits per heavy atom. The Kier molecular flexibility index (Phi) is 5.56. The van der Waals surface area contributed by atoms with Crippen LogP contribution < -0.4 is 20.1 Å². The lowest BCUT2D eigenvalue weighted by Gasteiger charge is -2.17. The number of nitrogens with one attached hydrogen (secondary N) is 2. The lowest BCUT2D eigenvalue weighted by molar-refractivity contribution is -0.116. The smallest absolute Gasteiger partial charge is 0.246 e. The third-order valence-electron chi connectivity index (χ3n) is 3.71. The fourth-order valence-electron chi connectivity index (χ4n) is 2.40. The third-order valence-corrected chi connectivity index (χ3v) is 4.27. The Morgan fingerprint density at radius 1 is 1.08 bits per heavy atom. The van der Waals surface area contributed by atoms with E-state index in [-0.39, 0.29) is 5.91 Å². The largest absolute Gasteiger partial charge is 0.490 e. The monoisotopic (exact) mass is 380 g/mol. The summed E-state index contributed by atoms with van der Waals surface area (Å²) in [7, 11) is 0. The van der Waals surface area contributed by atoms with Crippen molar-refractivity contribution in [3.63, 3.8) is 0 Å². The molecule has 25 heavy (non-hydrogen) atoms. The van der Waals surface area contributed by atoms with Crippen molar-refractivity contribution in [2.24, 2.45) is 0 Å². The Balaban J connectivity index is 1.67. The predicted octanol–water partition coefficient (Wildman–Crippen LogP) is 4.59. The van der Waals surface area contributed by atoms with E-state index in [2.05, 4.69) is 10.6 Å².